The molecule has 0 radical (unpaired) electrons. The van der Waals surface area contributed by atoms with E-state index in [1.54, 1.807) is 13.3 Å². The summed E-state index contributed by atoms with van der Waals surface area (Å²) in [5.74, 6) is 0.657. The number of hydrogen-bond donors (Lipinski definition) is 2. The predicted octanol–water partition coefficient (Wildman–Crippen LogP) is 3.88. The van der Waals surface area contributed by atoms with Gasteiger partial charge in [0.2, 0.25) is 0 Å². The number of aliphatic hydroxyl groups excluding tert-OH is 1. The summed E-state index contributed by atoms with van der Waals surface area (Å²) in [6.45, 7) is 2.62. The topological polar surface area (TPSA) is 82.9 Å². The first kappa shape index (κ1) is 21.1. The molecular weight excluding hydrogens is 380 g/mol. The van der Waals surface area contributed by atoms with Gasteiger partial charge in [-0.25, -0.2) is 0 Å². The van der Waals surface area contributed by atoms with Crippen molar-refractivity contribution >= 4 is 16.9 Å². The molecule has 2 aromatic rings. The van der Waals surface area contributed by atoms with Crippen LogP contribution in [0, 0.1) is 17.8 Å². The van der Waals surface area contributed by atoms with Crippen LogP contribution in [0.1, 0.15) is 50.2 Å². The number of aliphatic carboxylic acids is 1. The number of ether oxygens (including phenoxy) is 1. The van der Waals surface area contributed by atoms with Gasteiger partial charge in [-0.1, -0.05) is 12.8 Å². The lowest BCUT2D eigenvalue weighted by atomic mass is 9.81. The Balaban J connectivity index is 1.39. The van der Waals surface area contributed by atoms with E-state index in [-0.39, 0.29) is 11.8 Å². The molecule has 0 amide bonds. The first-order valence-corrected chi connectivity index (χ1v) is 11.1. The number of likely N-dealkylation sites (tertiary alicyclic amines) is 1. The Morgan fingerprint density at radius 2 is 2.10 bits per heavy atom. The Labute approximate surface area is 177 Å². The van der Waals surface area contributed by atoms with E-state index in [4.69, 9.17) is 4.74 Å². The minimum absolute atomic E-state index is 0.108. The zero-order valence-corrected chi connectivity index (χ0v) is 17.7. The lowest BCUT2D eigenvalue weighted by Crippen LogP contribution is -2.44. The summed E-state index contributed by atoms with van der Waals surface area (Å²) in [5.41, 5.74) is 1.65. The van der Waals surface area contributed by atoms with Crippen molar-refractivity contribution in [3.05, 3.63) is 36.0 Å². The van der Waals surface area contributed by atoms with E-state index in [0.29, 0.717) is 19.4 Å². The molecule has 2 heterocycles. The lowest BCUT2D eigenvalue weighted by Gasteiger charge is -2.37. The van der Waals surface area contributed by atoms with Crippen molar-refractivity contribution < 1.29 is 19.7 Å². The Morgan fingerprint density at radius 3 is 2.83 bits per heavy atom. The average Bonchev–Trinajstić information content (AvgIpc) is 3.60. The zero-order chi connectivity index (χ0) is 21.1. The summed E-state index contributed by atoms with van der Waals surface area (Å²) in [4.78, 5) is 18.6. The van der Waals surface area contributed by atoms with E-state index in [0.717, 1.165) is 47.6 Å². The van der Waals surface area contributed by atoms with Crippen LogP contribution in [-0.2, 0) is 4.79 Å². The van der Waals surface area contributed by atoms with Crippen molar-refractivity contribution in [1.29, 1.82) is 0 Å². The molecule has 162 valence electrons. The number of hydrogen-bond acceptors (Lipinski definition) is 5. The van der Waals surface area contributed by atoms with E-state index in [9.17, 15) is 15.0 Å². The van der Waals surface area contributed by atoms with Crippen molar-refractivity contribution in [1.82, 2.24) is 9.88 Å². The maximum atomic E-state index is 11.9. The smallest absolute Gasteiger partial charge is 0.308 e. The minimum Gasteiger partial charge on any atom is -0.497 e. The zero-order valence-electron chi connectivity index (χ0n) is 17.7. The van der Waals surface area contributed by atoms with Gasteiger partial charge in [-0.2, -0.15) is 0 Å². The van der Waals surface area contributed by atoms with Crippen LogP contribution in [0.3, 0.4) is 0 Å². The number of carboxylic acids is 1. The van der Waals surface area contributed by atoms with Crippen LogP contribution in [0.2, 0.25) is 0 Å². The Morgan fingerprint density at radius 1 is 1.27 bits per heavy atom. The van der Waals surface area contributed by atoms with Gasteiger partial charge in [0.25, 0.3) is 0 Å². The molecule has 0 unspecified atom stereocenters. The second-order valence-electron chi connectivity index (χ2n) is 8.90. The number of fused-ring (bicyclic) bond motifs is 1. The quantitative estimate of drug-likeness (QED) is 0.650. The predicted molar refractivity (Wildman–Crippen MR) is 116 cm³/mol. The summed E-state index contributed by atoms with van der Waals surface area (Å²) < 4.78 is 5.32. The molecule has 4 rings (SSSR count). The molecule has 1 aliphatic carbocycles. The number of rotatable bonds is 9. The molecule has 1 aliphatic heterocycles. The van der Waals surface area contributed by atoms with Gasteiger partial charge in [0.1, 0.15) is 5.75 Å². The van der Waals surface area contributed by atoms with Gasteiger partial charge >= 0.3 is 5.97 Å². The Bertz CT molecular complexity index is 883. The number of aliphatic hydroxyl groups is 1. The van der Waals surface area contributed by atoms with Gasteiger partial charge in [0.05, 0.1) is 24.6 Å². The molecule has 30 heavy (non-hydrogen) atoms. The number of carboxylic acid groups (broad SMARTS) is 1. The average molecular weight is 413 g/mol. The molecule has 1 saturated carbocycles. The van der Waals surface area contributed by atoms with Crippen LogP contribution in [0.25, 0.3) is 10.9 Å². The van der Waals surface area contributed by atoms with Crippen molar-refractivity contribution in [2.75, 3.05) is 26.7 Å². The normalized spacial score (nSPS) is 23.4. The maximum Gasteiger partial charge on any atom is 0.308 e. The van der Waals surface area contributed by atoms with Gasteiger partial charge in [-0.15, -0.1) is 0 Å². The first-order chi connectivity index (χ1) is 14.5. The highest BCUT2D eigenvalue weighted by Gasteiger charge is 2.35. The van der Waals surface area contributed by atoms with Crippen molar-refractivity contribution in [2.45, 2.75) is 44.6 Å². The number of aromatic nitrogens is 1. The molecule has 3 atom stereocenters. The van der Waals surface area contributed by atoms with Crippen LogP contribution in [-0.4, -0.2) is 52.8 Å². The molecule has 0 bridgehead atoms. The van der Waals surface area contributed by atoms with E-state index >= 15 is 0 Å². The van der Waals surface area contributed by atoms with Gasteiger partial charge in [0, 0.05) is 18.1 Å². The summed E-state index contributed by atoms with van der Waals surface area (Å²) in [7, 11) is 1.62. The molecular formula is C24H32N2O4. The van der Waals surface area contributed by atoms with Crippen molar-refractivity contribution in [3.63, 3.8) is 0 Å². The highest BCUT2D eigenvalue weighted by atomic mass is 16.5. The molecule has 6 nitrogen and oxygen atoms in total. The monoisotopic (exact) mass is 412 g/mol. The van der Waals surface area contributed by atoms with Crippen LogP contribution >= 0.6 is 0 Å². The van der Waals surface area contributed by atoms with Crippen molar-refractivity contribution in [2.24, 2.45) is 17.8 Å². The highest BCUT2D eigenvalue weighted by molar-refractivity contribution is 5.83. The van der Waals surface area contributed by atoms with Crippen molar-refractivity contribution in [3.8, 4) is 5.75 Å². The van der Waals surface area contributed by atoms with Crippen LogP contribution in [0.15, 0.2) is 30.5 Å². The number of benzene rings is 1. The second kappa shape index (κ2) is 9.31. The largest absolute Gasteiger partial charge is 0.497 e. The SMILES string of the molecule is COc1ccc2nccc([C@H](O)CC[C@@H]3CCN(CCC4CC4)C[C@@H]3C(=O)O)c2c1. The van der Waals surface area contributed by atoms with Crippen LogP contribution in [0.5, 0.6) is 5.75 Å². The fourth-order valence-corrected chi connectivity index (χ4v) is 4.76. The minimum atomic E-state index is -0.704. The van der Waals surface area contributed by atoms with E-state index in [1.165, 1.54) is 19.3 Å². The molecule has 1 saturated heterocycles. The number of pyridine rings is 1. The fourth-order valence-electron chi connectivity index (χ4n) is 4.76. The van der Waals surface area contributed by atoms with Crippen LogP contribution < -0.4 is 4.74 Å². The summed E-state index contributed by atoms with van der Waals surface area (Å²) in [6, 6.07) is 7.50. The lowest BCUT2D eigenvalue weighted by molar-refractivity contribution is -0.146. The molecule has 0 spiro atoms. The highest BCUT2D eigenvalue weighted by Crippen LogP contribution is 2.35. The van der Waals surface area contributed by atoms with Gasteiger partial charge < -0.3 is 19.8 Å². The molecule has 2 aliphatic rings. The molecule has 6 heteroatoms. The second-order valence-corrected chi connectivity index (χ2v) is 8.90. The molecule has 1 aromatic heterocycles. The maximum absolute atomic E-state index is 11.9. The van der Waals surface area contributed by atoms with E-state index in [1.807, 2.05) is 24.3 Å². The first-order valence-electron chi connectivity index (χ1n) is 11.1. The fraction of sp³-hybridized carbons (Fsp3) is 0.583. The number of piperidine rings is 1. The summed E-state index contributed by atoms with van der Waals surface area (Å²) in [6.07, 6.45) is 7.09. The van der Waals surface area contributed by atoms with Gasteiger partial charge in [0.15, 0.2) is 0 Å². The number of nitrogens with zero attached hydrogens (tertiary/aromatic N) is 2. The molecule has 2 N–H and O–H groups in total. The summed E-state index contributed by atoms with van der Waals surface area (Å²) in [5, 5.41) is 21.6. The third-order valence-corrected chi connectivity index (χ3v) is 6.86. The standard InChI is InChI=1S/C24H32N2O4/c1-30-18-5-6-22-20(14-18)19(8-11-25-22)23(27)7-4-17-10-13-26(12-9-16-2-3-16)15-21(17)24(28)29/h5-6,8,11,14,16-17,21,23,27H,2-4,7,9-10,12-13,15H2,1H3,(H,28,29)/t17-,21+,23-/m1/s1. The third kappa shape index (κ3) is 4.93. The molecule has 2 fully saturated rings. The number of methoxy groups -OCH3 is 1. The van der Waals surface area contributed by atoms with E-state index < -0.39 is 12.1 Å². The third-order valence-electron chi connectivity index (χ3n) is 6.86. The Kier molecular flexibility index (Phi) is 6.54. The van der Waals surface area contributed by atoms with Crippen LogP contribution in [0.4, 0.5) is 0 Å². The molecule has 1 aromatic carbocycles. The van der Waals surface area contributed by atoms with Gasteiger partial charge in [-0.05, 0) is 80.4 Å². The van der Waals surface area contributed by atoms with Gasteiger partial charge in [-0.3, -0.25) is 9.78 Å². The Hall–Kier alpha value is -2.18. The van der Waals surface area contributed by atoms with E-state index in [2.05, 4.69) is 9.88 Å². The number of carbonyl (C=O) groups is 1. The summed E-state index contributed by atoms with van der Waals surface area (Å²) >= 11 is 0.